The number of hydrogen-bond donors (Lipinski definition) is 2. The van der Waals surface area contributed by atoms with Crippen LogP contribution in [0.3, 0.4) is 0 Å². The standard InChI is InChI=1S/C10H11FN2O4/c1-6(10(14)15)12-5-7-2-3-9(13(16)17)8(11)4-7/h2-4,6,12H,5H2,1H3,(H,14,15)/t6-/m0/s1. The Morgan fingerprint density at radius 2 is 2.29 bits per heavy atom. The summed E-state index contributed by atoms with van der Waals surface area (Å²) < 4.78 is 13.2. The first-order chi connectivity index (χ1) is 7.91. The lowest BCUT2D eigenvalue weighted by molar-refractivity contribution is -0.387. The number of carboxylic acid groups (broad SMARTS) is 1. The van der Waals surface area contributed by atoms with Crippen molar-refractivity contribution in [1.29, 1.82) is 0 Å². The Bertz CT molecular complexity index is 450. The van der Waals surface area contributed by atoms with Gasteiger partial charge in [-0.1, -0.05) is 6.07 Å². The average molecular weight is 242 g/mol. The van der Waals surface area contributed by atoms with Gasteiger partial charge in [0.15, 0.2) is 0 Å². The van der Waals surface area contributed by atoms with Crippen molar-refractivity contribution in [2.24, 2.45) is 0 Å². The smallest absolute Gasteiger partial charge is 0.320 e. The highest BCUT2D eigenvalue weighted by atomic mass is 19.1. The molecule has 1 rings (SSSR count). The number of nitrogens with one attached hydrogen (secondary N) is 1. The molecule has 2 N–H and O–H groups in total. The number of nitro benzene ring substituents is 1. The van der Waals surface area contributed by atoms with Crippen LogP contribution in [0.5, 0.6) is 0 Å². The van der Waals surface area contributed by atoms with E-state index in [0.29, 0.717) is 5.56 Å². The molecule has 0 saturated carbocycles. The second-order valence-corrected chi connectivity index (χ2v) is 3.48. The van der Waals surface area contributed by atoms with Crippen molar-refractivity contribution in [2.45, 2.75) is 19.5 Å². The number of nitro groups is 1. The van der Waals surface area contributed by atoms with Gasteiger partial charge in [-0.3, -0.25) is 14.9 Å². The van der Waals surface area contributed by atoms with E-state index in [4.69, 9.17) is 5.11 Å². The maximum Gasteiger partial charge on any atom is 0.320 e. The minimum Gasteiger partial charge on any atom is -0.480 e. The first-order valence-corrected chi connectivity index (χ1v) is 4.81. The molecule has 0 amide bonds. The molecule has 6 nitrogen and oxygen atoms in total. The Labute approximate surface area is 96.2 Å². The predicted molar refractivity (Wildman–Crippen MR) is 57.0 cm³/mol. The summed E-state index contributed by atoms with van der Waals surface area (Å²) >= 11 is 0. The Morgan fingerprint density at radius 3 is 2.76 bits per heavy atom. The van der Waals surface area contributed by atoms with E-state index < -0.39 is 28.4 Å². The van der Waals surface area contributed by atoms with Crippen molar-refractivity contribution < 1.29 is 19.2 Å². The SMILES string of the molecule is C[C@H](NCc1ccc([N+](=O)[O-])c(F)c1)C(=O)O. The van der Waals surface area contributed by atoms with Gasteiger partial charge in [-0.25, -0.2) is 0 Å². The van der Waals surface area contributed by atoms with Gasteiger partial charge in [-0.15, -0.1) is 0 Å². The molecule has 0 unspecified atom stereocenters. The molecule has 0 bridgehead atoms. The van der Waals surface area contributed by atoms with E-state index in [2.05, 4.69) is 5.32 Å². The number of halogens is 1. The third-order valence-electron chi connectivity index (χ3n) is 2.19. The molecule has 0 aliphatic carbocycles. The zero-order valence-corrected chi connectivity index (χ0v) is 9.01. The van der Waals surface area contributed by atoms with E-state index >= 15 is 0 Å². The number of rotatable bonds is 5. The van der Waals surface area contributed by atoms with Crippen LogP contribution in [-0.4, -0.2) is 22.0 Å². The Hall–Kier alpha value is -2.02. The summed E-state index contributed by atoms with van der Waals surface area (Å²) in [4.78, 5) is 20.1. The molecule has 0 saturated heterocycles. The van der Waals surface area contributed by atoms with Crippen molar-refractivity contribution in [1.82, 2.24) is 5.32 Å². The van der Waals surface area contributed by atoms with Gasteiger partial charge in [0.05, 0.1) is 4.92 Å². The highest BCUT2D eigenvalue weighted by Crippen LogP contribution is 2.17. The number of nitrogens with zero attached hydrogens (tertiary/aromatic N) is 1. The van der Waals surface area contributed by atoms with Crippen LogP contribution in [-0.2, 0) is 11.3 Å². The van der Waals surface area contributed by atoms with E-state index in [0.717, 1.165) is 12.1 Å². The van der Waals surface area contributed by atoms with Gasteiger partial charge in [0.1, 0.15) is 6.04 Å². The summed E-state index contributed by atoms with van der Waals surface area (Å²) in [5.41, 5.74) is -0.152. The minimum absolute atomic E-state index is 0.127. The number of benzene rings is 1. The lowest BCUT2D eigenvalue weighted by Gasteiger charge is -2.08. The molecule has 0 aromatic heterocycles. The van der Waals surface area contributed by atoms with Crippen LogP contribution >= 0.6 is 0 Å². The topological polar surface area (TPSA) is 92.5 Å². The predicted octanol–water partition coefficient (Wildman–Crippen LogP) is 1.30. The number of carbonyl (C=O) groups is 1. The minimum atomic E-state index is -1.02. The van der Waals surface area contributed by atoms with Gasteiger partial charge >= 0.3 is 11.7 Å². The fourth-order valence-corrected chi connectivity index (χ4v) is 1.17. The van der Waals surface area contributed by atoms with E-state index in [-0.39, 0.29) is 6.54 Å². The van der Waals surface area contributed by atoms with Gasteiger partial charge in [0, 0.05) is 12.6 Å². The molecule has 0 aliphatic heterocycles. The Balaban J connectivity index is 2.71. The summed E-state index contributed by atoms with van der Waals surface area (Å²) in [6.45, 7) is 1.58. The number of aliphatic carboxylic acids is 1. The monoisotopic (exact) mass is 242 g/mol. The molecule has 17 heavy (non-hydrogen) atoms. The second-order valence-electron chi connectivity index (χ2n) is 3.48. The average Bonchev–Trinajstić information content (AvgIpc) is 2.25. The summed E-state index contributed by atoms with van der Waals surface area (Å²) in [7, 11) is 0. The van der Waals surface area contributed by atoms with Crippen LogP contribution in [0.25, 0.3) is 0 Å². The van der Waals surface area contributed by atoms with Gasteiger partial charge in [-0.05, 0) is 18.6 Å². The fraction of sp³-hybridized carbons (Fsp3) is 0.300. The van der Waals surface area contributed by atoms with Gasteiger partial charge < -0.3 is 10.4 Å². The van der Waals surface area contributed by atoms with Crippen LogP contribution in [0.4, 0.5) is 10.1 Å². The first kappa shape index (κ1) is 13.0. The molecule has 92 valence electrons. The van der Waals surface area contributed by atoms with Gasteiger partial charge in [0.25, 0.3) is 0 Å². The molecule has 1 atom stereocenters. The zero-order valence-electron chi connectivity index (χ0n) is 9.01. The normalized spacial score (nSPS) is 12.1. The summed E-state index contributed by atoms with van der Waals surface area (Å²) in [5.74, 6) is -1.95. The van der Waals surface area contributed by atoms with Crippen molar-refractivity contribution in [2.75, 3.05) is 0 Å². The Kier molecular flexibility index (Phi) is 4.11. The second kappa shape index (κ2) is 5.35. The van der Waals surface area contributed by atoms with E-state index in [1.165, 1.54) is 13.0 Å². The fourth-order valence-electron chi connectivity index (χ4n) is 1.17. The molecule has 0 heterocycles. The van der Waals surface area contributed by atoms with Crippen molar-refractivity contribution >= 4 is 11.7 Å². The lowest BCUT2D eigenvalue weighted by atomic mass is 10.2. The van der Waals surface area contributed by atoms with Crippen molar-refractivity contribution in [3.63, 3.8) is 0 Å². The Morgan fingerprint density at radius 1 is 1.65 bits per heavy atom. The first-order valence-electron chi connectivity index (χ1n) is 4.81. The molecule has 0 fully saturated rings. The van der Waals surface area contributed by atoms with Gasteiger partial charge in [0.2, 0.25) is 5.82 Å². The zero-order chi connectivity index (χ0) is 13.0. The summed E-state index contributed by atoms with van der Waals surface area (Å²) in [5, 5.41) is 21.6. The van der Waals surface area contributed by atoms with E-state index in [9.17, 15) is 19.3 Å². The van der Waals surface area contributed by atoms with Crippen LogP contribution in [0.15, 0.2) is 18.2 Å². The van der Waals surface area contributed by atoms with E-state index in [1.807, 2.05) is 0 Å². The summed E-state index contributed by atoms with van der Waals surface area (Å²) in [6.07, 6.45) is 0. The quantitative estimate of drug-likeness (QED) is 0.599. The molecular formula is C10H11FN2O4. The molecule has 7 heteroatoms. The number of hydrogen-bond acceptors (Lipinski definition) is 4. The molecule has 1 aromatic carbocycles. The van der Waals surface area contributed by atoms with Crippen LogP contribution in [0, 0.1) is 15.9 Å². The van der Waals surface area contributed by atoms with Crippen molar-refractivity contribution in [3.05, 3.63) is 39.7 Å². The van der Waals surface area contributed by atoms with E-state index in [1.54, 1.807) is 0 Å². The molecule has 1 aromatic rings. The maximum absolute atomic E-state index is 13.2. The van der Waals surface area contributed by atoms with Gasteiger partial charge in [-0.2, -0.15) is 4.39 Å². The highest BCUT2D eigenvalue weighted by molar-refractivity contribution is 5.72. The third kappa shape index (κ3) is 3.49. The molecular weight excluding hydrogens is 231 g/mol. The highest BCUT2D eigenvalue weighted by Gasteiger charge is 2.14. The third-order valence-corrected chi connectivity index (χ3v) is 2.19. The van der Waals surface area contributed by atoms with Crippen LogP contribution in [0.1, 0.15) is 12.5 Å². The van der Waals surface area contributed by atoms with Crippen molar-refractivity contribution in [3.8, 4) is 0 Å². The number of carboxylic acids is 1. The van der Waals surface area contributed by atoms with Crippen LogP contribution < -0.4 is 5.32 Å². The lowest BCUT2D eigenvalue weighted by Crippen LogP contribution is -2.33. The largest absolute Gasteiger partial charge is 0.480 e. The molecule has 0 spiro atoms. The molecule has 0 aliphatic rings. The van der Waals surface area contributed by atoms with Crippen LogP contribution in [0.2, 0.25) is 0 Å². The maximum atomic E-state index is 13.2. The molecule has 0 radical (unpaired) electrons. The summed E-state index contributed by atoms with van der Waals surface area (Å²) in [6, 6.07) is 2.67.